The van der Waals surface area contributed by atoms with Gasteiger partial charge < -0.3 is 15.8 Å². The summed E-state index contributed by atoms with van der Waals surface area (Å²) < 4.78 is 5.17. The molecule has 0 fully saturated rings. The van der Waals surface area contributed by atoms with Gasteiger partial charge in [0, 0.05) is 18.4 Å². The van der Waals surface area contributed by atoms with Crippen molar-refractivity contribution < 1.29 is 14.3 Å². The highest BCUT2D eigenvalue weighted by atomic mass is 16.5. The predicted molar refractivity (Wildman–Crippen MR) is 93.6 cm³/mol. The minimum atomic E-state index is -0.348. The third kappa shape index (κ3) is 4.89. The lowest BCUT2D eigenvalue weighted by Gasteiger charge is -2.08. The van der Waals surface area contributed by atoms with E-state index in [1.165, 1.54) is 0 Å². The summed E-state index contributed by atoms with van der Waals surface area (Å²) in [6, 6.07) is 13.3. The Balaban J connectivity index is 1.94. The van der Waals surface area contributed by atoms with Gasteiger partial charge in [-0.3, -0.25) is 9.59 Å². The van der Waals surface area contributed by atoms with Gasteiger partial charge in [0.2, 0.25) is 0 Å². The second kappa shape index (κ2) is 8.39. The molecule has 0 aromatic heterocycles. The SMILES string of the molecule is C#CCCCC(=O)Oc1ccc(C(=O)Nc2ccccc2N)cc1. The number of rotatable bonds is 6. The number of unbranched alkanes of at least 4 members (excludes halogenated alkanes) is 1. The van der Waals surface area contributed by atoms with E-state index in [4.69, 9.17) is 16.9 Å². The van der Waals surface area contributed by atoms with Crippen LogP contribution < -0.4 is 15.8 Å². The van der Waals surface area contributed by atoms with Crippen molar-refractivity contribution in [3.05, 3.63) is 54.1 Å². The summed E-state index contributed by atoms with van der Waals surface area (Å²) in [5, 5.41) is 2.73. The van der Waals surface area contributed by atoms with Crippen LogP contribution in [0.15, 0.2) is 48.5 Å². The molecule has 24 heavy (non-hydrogen) atoms. The zero-order chi connectivity index (χ0) is 17.4. The maximum atomic E-state index is 12.2. The summed E-state index contributed by atoms with van der Waals surface area (Å²) in [4.78, 5) is 23.8. The highest BCUT2D eigenvalue weighted by Gasteiger charge is 2.09. The minimum absolute atomic E-state index is 0.264. The third-order valence-corrected chi connectivity index (χ3v) is 3.26. The Morgan fingerprint density at radius 1 is 1.12 bits per heavy atom. The number of esters is 1. The number of hydrogen-bond acceptors (Lipinski definition) is 4. The summed E-state index contributed by atoms with van der Waals surface area (Å²) in [6.45, 7) is 0. The van der Waals surface area contributed by atoms with Crippen LogP contribution in [-0.2, 0) is 4.79 Å². The van der Waals surface area contributed by atoms with Gasteiger partial charge in [0.05, 0.1) is 11.4 Å². The van der Waals surface area contributed by atoms with Crippen molar-refractivity contribution in [2.24, 2.45) is 0 Å². The number of anilines is 2. The van der Waals surface area contributed by atoms with Crippen LogP contribution in [0.4, 0.5) is 11.4 Å². The lowest BCUT2D eigenvalue weighted by atomic mass is 10.2. The maximum Gasteiger partial charge on any atom is 0.311 e. The molecular weight excluding hydrogens is 304 g/mol. The van der Waals surface area contributed by atoms with Crippen molar-refractivity contribution in [3.63, 3.8) is 0 Å². The van der Waals surface area contributed by atoms with Crippen LogP contribution in [0.5, 0.6) is 5.75 Å². The second-order valence-corrected chi connectivity index (χ2v) is 5.10. The van der Waals surface area contributed by atoms with Crippen molar-refractivity contribution >= 4 is 23.3 Å². The molecule has 0 saturated heterocycles. The molecule has 2 aromatic rings. The van der Waals surface area contributed by atoms with Crippen LogP contribution in [0.2, 0.25) is 0 Å². The van der Waals surface area contributed by atoms with Gasteiger partial charge in [-0.25, -0.2) is 0 Å². The summed E-state index contributed by atoms with van der Waals surface area (Å²) in [5.41, 5.74) is 7.26. The van der Waals surface area contributed by atoms with Crippen LogP contribution in [0, 0.1) is 12.3 Å². The fraction of sp³-hybridized carbons (Fsp3) is 0.158. The van der Waals surface area contributed by atoms with E-state index in [0.717, 1.165) is 0 Å². The molecule has 0 bridgehead atoms. The first kappa shape index (κ1) is 17.1. The Hall–Kier alpha value is -3.26. The normalized spacial score (nSPS) is 9.79. The molecule has 0 spiro atoms. The third-order valence-electron chi connectivity index (χ3n) is 3.26. The zero-order valence-corrected chi connectivity index (χ0v) is 13.1. The van der Waals surface area contributed by atoms with Gasteiger partial charge in [0.1, 0.15) is 5.75 Å². The number of benzene rings is 2. The smallest absolute Gasteiger partial charge is 0.311 e. The van der Waals surface area contributed by atoms with E-state index >= 15 is 0 Å². The van der Waals surface area contributed by atoms with Crippen LogP contribution in [0.1, 0.15) is 29.6 Å². The van der Waals surface area contributed by atoms with E-state index in [1.807, 2.05) is 0 Å². The topological polar surface area (TPSA) is 81.4 Å². The first-order valence-electron chi connectivity index (χ1n) is 7.50. The maximum absolute atomic E-state index is 12.2. The largest absolute Gasteiger partial charge is 0.427 e. The number of nitrogens with one attached hydrogen (secondary N) is 1. The Morgan fingerprint density at radius 2 is 1.83 bits per heavy atom. The number of hydrogen-bond donors (Lipinski definition) is 2. The molecule has 2 aromatic carbocycles. The van der Waals surface area contributed by atoms with Crippen LogP contribution in [-0.4, -0.2) is 11.9 Å². The van der Waals surface area contributed by atoms with E-state index in [2.05, 4.69) is 11.2 Å². The van der Waals surface area contributed by atoms with Crippen molar-refractivity contribution in [2.75, 3.05) is 11.1 Å². The molecule has 5 heteroatoms. The van der Waals surface area contributed by atoms with E-state index in [1.54, 1.807) is 48.5 Å². The summed E-state index contributed by atoms with van der Waals surface area (Å²) in [7, 11) is 0. The standard InChI is InChI=1S/C19H18N2O3/c1-2-3-4-9-18(22)24-15-12-10-14(11-13-15)19(23)21-17-8-6-5-7-16(17)20/h1,5-8,10-13H,3-4,9,20H2,(H,21,23). The first-order chi connectivity index (χ1) is 11.6. The van der Waals surface area contributed by atoms with Gasteiger partial charge in [-0.2, -0.15) is 0 Å². The van der Waals surface area contributed by atoms with Crippen LogP contribution >= 0.6 is 0 Å². The van der Waals surface area contributed by atoms with Gasteiger partial charge in [-0.15, -0.1) is 12.3 Å². The van der Waals surface area contributed by atoms with E-state index in [9.17, 15) is 9.59 Å². The molecule has 122 valence electrons. The quantitative estimate of drug-likeness (QED) is 0.281. The Bertz CT molecular complexity index is 761. The first-order valence-corrected chi connectivity index (χ1v) is 7.50. The number of carbonyl (C=O) groups is 2. The molecule has 0 atom stereocenters. The number of terminal acetylenes is 1. The fourth-order valence-electron chi connectivity index (χ4n) is 2.00. The van der Waals surface area contributed by atoms with Crippen molar-refractivity contribution in [1.82, 2.24) is 0 Å². The number of para-hydroxylation sites is 2. The van der Waals surface area contributed by atoms with Crippen LogP contribution in [0.3, 0.4) is 0 Å². The molecular formula is C19H18N2O3. The van der Waals surface area contributed by atoms with Crippen molar-refractivity contribution in [1.29, 1.82) is 0 Å². The number of nitrogens with two attached hydrogens (primary N) is 1. The number of carbonyl (C=O) groups excluding carboxylic acids is 2. The Kier molecular flexibility index (Phi) is 5.98. The fourth-order valence-corrected chi connectivity index (χ4v) is 2.00. The predicted octanol–water partition coefficient (Wildman–Crippen LogP) is 3.23. The second-order valence-electron chi connectivity index (χ2n) is 5.10. The van der Waals surface area contributed by atoms with E-state index in [-0.39, 0.29) is 18.3 Å². The van der Waals surface area contributed by atoms with Gasteiger partial charge in [0.15, 0.2) is 0 Å². The lowest BCUT2D eigenvalue weighted by molar-refractivity contribution is -0.134. The molecule has 0 radical (unpaired) electrons. The number of ether oxygens (including phenoxy) is 1. The molecule has 1 amide bonds. The van der Waals surface area contributed by atoms with E-state index < -0.39 is 0 Å². The van der Waals surface area contributed by atoms with E-state index in [0.29, 0.717) is 35.5 Å². The lowest BCUT2D eigenvalue weighted by Crippen LogP contribution is -2.13. The summed E-state index contributed by atoms with van der Waals surface area (Å²) in [6.07, 6.45) is 6.52. The monoisotopic (exact) mass is 322 g/mol. The molecule has 2 rings (SSSR count). The van der Waals surface area contributed by atoms with Gasteiger partial charge >= 0.3 is 5.97 Å². The molecule has 0 aliphatic carbocycles. The molecule has 0 unspecified atom stereocenters. The molecule has 0 heterocycles. The molecule has 0 aliphatic heterocycles. The van der Waals surface area contributed by atoms with Gasteiger partial charge in [0.25, 0.3) is 5.91 Å². The number of amides is 1. The van der Waals surface area contributed by atoms with Gasteiger partial charge in [-0.05, 0) is 42.8 Å². The molecule has 5 nitrogen and oxygen atoms in total. The highest BCUT2D eigenvalue weighted by Crippen LogP contribution is 2.19. The highest BCUT2D eigenvalue weighted by molar-refractivity contribution is 6.05. The minimum Gasteiger partial charge on any atom is -0.427 e. The molecule has 0 saturated carbocycles. The van der Waals surface area contributed by atoms with Crippen molar-refractivity contribution in [2.45, 2.75) is 19.3 Å². The summed E-state index contributed by atoms with van der Waals surface area (Å²) in [5.74, 6) is 2.22. The van der Waals surface area contributed by atoms with Gasteiger partial charge in [-0.1, -0.05) is 12.1 Å². The number of nitrogen functional groups attached to an aromatic ring is 1. The Morgan fingerprint density at radius 3 is 2.50 bits per heavy atom. The zero-order valence-electron chi connectivity index (χ0n) is 13.1. The molecule has 3 N–H and O–H groups in total. The molecule has 0 aliphatic rings. The van der Waals surface area contributed by atoms with Crippen LogP contribution in [0.25, 0.3) is 0 Å². The average Bonchev–Trinajstić information content (AvgIpc) is 2.58. The summed E-state index contributed by atoms with van der Waals surface area (Å²) >= 11 is 0. The average molecular weight is 322 g/mol. The Labute approximate surface area is 140 Å². The van der Waals surface area contributed by atoms with Crippen molar-refractivity contribution in [3.8, 4) is 18.1 Å².